The topological polar surface area (TPSA) is 55.1 Å². The summed E-state index contributed by atoms with van der Waals surface area (Å²) in [6.45, 7) is 3.80. The van der Waals surface area contributed by atoms with Crippen molar-refractivity contribution in [1.29, 1.82) is 0 Å². The maximum atomic E-state index is 12.4. The summed E-state index contributed by atoms with van der Waals surface area (Å²) in [5.74, 6) is 0.594. The van der Waals surface area contributed by atoms with Crippen molar-refractivity contribution in [2.45, 2.75) is 24.3 Å². The van der Waals surface area contributed by atoms with Gasteiger partial charge in [-0.15, -0.1) is 0 Å². The highest BCUT2D eigenvalue weighted by Gasteiger charge is 2.18. The Bertz CT molecular complexity index is 894. The molecule has 0 bridgehead atoms. The Hall–Kier alpha value is -2.05. The minimum absolute atomic E-state index is 0.0819. The number of carbonyl (C=O) groups is 1. The second kappa shape index (κ2) is 7.89. The highest BCUT2D eigenvalue weighted by Crippen LogP contribution is 2.29. The molecule has 2 aromatic carbocycles. The van der Waals surface area contributed by atoms with E-state index in [2.05, 4.69) is 26.2 Å². The maximum Gasteiger partial charge on any atom is 0.256 e. The van der Waals surface area contributed by atoms with Gasteiger partial charge in [0.15, 0.2) is 5.76 Å². The summed E-state index contributed by atoms with van der Waals surface area (Å²) in [5.41, 5.74) is 2.79. The summed E-state index contributed by atoms with van der Waals surface area (Å²) in [6, 6.07) is 15.5. The molecule has 0 saturated carbocycles. The van der Waals surface area contributed by atoms with Gasteiger partial charge in [0.1, 0.15) is 0 Å². The number of para-hydroxylation sites is 1. The van der Waals surface area contributed by atoms with E-state index in [1.807, 2.05) is 62.4 Å². The molecule has 0 aliphatic carbocycles. The Morgan fingerprint density at radius 1 is 1.24 bits per heavy atom. The molecule has 3 rings (SSSR count). The first-order chi connectivity index (χ1) is 12.0. The average molecular weight is 417 g/mol. The van der Waals surface area contributed by atoms with Crippen molar-refractivity contribution in [3.05, 3.63) is 64.8 Å². The molecule has 0 fully saturated rings. The van der Waals surface area contributed by atoms with Crippen LogP contribution in [-0.4, -0.2) is 16.1 Å². The molecule has 1 aromatic heterocycles. The van der Waals surface area contributed by atoms with Gasteiger partial charge in [0.2, 0.25) is 5.91 Å². The van der Waals surface area contributed by atoms with E-state index < -0.39 is 0 Å². The molecule has 3 aromatic rings. The zero-order chi connectivity index (χ0) is 17.8. The van der Waals surface area contributed by atoms with Crippen LogP contribution in [0.4, 0.5) is 5.69 Å². The summed E-state index contributed by atoms with van der Waals surface area (Å²) < 4.78 is 6.74. The molecule has 6 heteroatoms. The number of rotatable bonds is 5. The Balaban J connectivity index is 1.66. The summed E-state index contributed by atoms with van der Waals surface area (Å²) in [4.78, 5) is 16.7. The van der Waals surface area contributed by atoms with E-state index in [9.17, 15) is 4.79 Å². The Morgan fingerprint density at radius 2 is 2.04 bits per heavy atom. The number of nitrogens with zero attached hydrogens (tertiary/aromatic N) is 1. The number of aryl methyl sites for hydroxylation is 1. The molecule has 0 radical (unpaired) electrons. The van der Waals surface area contributed by atoms with Crippen molar-refractivity contribution in [3.8, 4) is 11.3 Å². The quantitative estimate of drug-likeness (QED) is 0.555. The van der Waals surface area contributed by atoms with Crippen LogP contribution in [0, 0.1) is 6.92 Å². The monoisotopic (exact) mass is 416 g/mol. The van der Waals surface area contributed by atoms with E-state index in [0.717, 1.165) is 21.3 Å². The van der Waals surface area contributed by atoms with Crippen LogP contribution >= 0.6 is 27.7 Å². The van der Waals surface area contributed by atoms with Crippen molar-refractivity contribution in [2.24, 2.45) is 0 Å². The summed E-state index contributed by atoms with van der Waals surface area (Å²) in [5, 5.41) is 3.09. The maximum absolute atomic E-state index is 12.4. The second-order valence-electron chi connectivity index (χ2n) is 5.57. The van der Waals surface area contributed by atoms with E-state index in [0.29, 0.717) is 11.0 Å². The number of hydrogen-bond donors (Lipinski definition) is 1. The fourth-order valence-corrected chi connectivity index (χ4v) is 3.36. The van der Waals surface area contributed by atoms with Crippen molar-refractivity contribution < 1.29 is 9.21 Å². The molecule has 0 saturated heterocycles. The number of nitrogens with one attached hydrogen (secondary N) is 1. The molecular weight excluding hydrogens is 400 g/mol. The lowest BCUT2D eigenvalue weighted by molar-refractivity contribution is -0.115. The molecule has 0 spiro atoms. The number of hydrogen-bond acceptors (Lipinski definition) is 4. The normalized spacial score (nSPS) is 12.0. The standard InChI is InChI=1S/C19H17BrN2O2S/c1-12-6-3-4-9-16(12)22-18(23)13(2)25-19-21-11-17(24-19)14-7-5-8-15(20)10-14/h3-11,13H,1-2H3,(H,22,23)/t13-/m0/s1. The fourth-order valence-electron chi connectivity index (χ4n) is 2.24. The number of aromatic nitrogens is 1. The number of oxazole rings is 1. The zero-order valence-corrected chi connectivity index (χ0v) is 16.2. The van der Waals surface area contributed by atoms with Crippen LogP contribution in [0.2, 0.25) is 0 Å². The Kier molecular flexibility index (Phi) is 5.60. The van der Waals surface area contributed by atoms with E-state index in [1.165, 1.54) is 11.8 Å². The number of amides is 1. The van der Waals surface area contributed by atoms with Crippen molar-refractivity contribution in [1.82, 2.24) is 4.98 Å². The van der Waals surface area contributed by atoms with Gasteiger partial charge in [-0.3, -0.25) is 4.79 Å². The number of benzene rings is 2. The van der Waals surface area contributed by atoms with E-state index >= 15 is 0 Å². The molecule has 1 heterocycles. The molecule has 25 heavy (non-hydrogen) atoms. The predicted octanol–water partition coefficient (Wildman–Crippen LogP) is 5.53. The molecule has 4 nitrogen and oxygen atoms in total. The molecule has 1 amide bonds. The first-order valence-electron chi connectivity index (χ1n) is 7.78. The summed E-state index contributed by atoms with van der Waals surface area (Å²) in [7, 11) is 0. The third-order valence-corrected chi connectivity index (χ3v) is 5.09. The van der Waals surface area contributed by atoms with Crippen LogP contribution in [0.3, 0.4) is 0 Å². The first-order valence-corrected chi connectivity index (χ1v) is 9.45. The summed E-state index contributed by atoms with van der Waals surface area (Å²) >= 11 is 4.74. The van der Waals surface area contributed by atoms with Crippen molar-refractivity contribution >= 4 is 39.3 Å². The van der Waals surface area contributed by atoms with Crippen molar-refractivity contribution in [2.75, 3.05) is 5.32 Å². The fraction of sp³-hybridized carbons (Fsp3) is 0.158. The number of carbonyl (C=O) groups excluding carboxylic acids is 1. The third-order valence-electron chi connectivity index (χ3n) is 3.64. The van der Waals surface area contributed by atoms with Gasteiger partial charge in [0, 0.05) is 15.7 Å². The van der Waals surface area contributed by atoms with Crippen LogP contribution < -0.4 is 5.32 Å². The first kappa shape index (κ1) is 17.8. The van der Waals surface area contributed by atoms with E-state index in [1.54, 1.807) is 6.20 Å². The molecule has 128 valence electrons. The van der Waals surface area contributed by atoms with Crippen LogP contribution in [0.1, 0.15) is 12.5 Å². The second-order valence-corrected chi connectivity index (χ2v) is 7.77. The third kappa shape index (κ3) is 4.52. The highest BCUT2D eigenvalue weighted by atomic mass is 79.9. The predicted molar refractivity (Wildman–Crippen MR) is 105 cm³/mol. The number of halogens is 1. The smallest absolute Gasteiger partial charge is 0.256 e. The van der Waals surface area contributed by atoms with Crippen LogP contribution in [-0.2, 0) is 4.79 Å². The van der Waals surface area contributed by atoms with Gasteiger partial charge >= 0.3 is 0 Å². The minimum Gasteiger partial charge on any atom is -0.431 e. The zero-order valence-electron chi connectivity index (χ0n) is 13.8. The minimum atomic E-state index is -0.325. The molecule has 0 aliphatic heterocycles. The van der Waals surface area contributed by atoms with E-state index in [-0.39, 0.29) is 11.2 Å². The van der Waals surface area contributed by atoms with Gasteiger partial charge in [0.05, 0.1) is 11.4 Å². The van der Waals surface area contributed by atoms with Crippen LogP contribution in [0.15, 0.2) is 68.8 Å². The molecule has 0 unspecified atom stereocenters. The van der Waals surface area contributed by atoms with Crippen LogP contribution in [0.5, 0.6) is 0 Å². The molecule has 0 aliphatic rings. The number of thioether (sulfide) groups is 1. The largest absolute Gasteiger partial charge is 0.431 e. The van der Waals surface area contributed by atoms with Gasteiger partial charge in [0.25, 0.3) is 5.22 Å². The molecular formula is C19H17BrN2O2S. The van der Waals surface area contributed by atoms with Gasteiger partial charge in [-0.25, -0.2) is 4.98 Å². The molecule has 1 N–H and O–H groups in total. The van der Waals surface area contributed by atoms with Gasteiger partial charge in [-0.2, -0.15) is 0 Å². The lowest BCUT2D eigenvalue weighted by atomic mass is 10.2. The average Bonchev–Trinajstić information content (AvgIpc) is 3.05. The van der Waals surface area contributed by atoms with E-state index in [4.69, 9.17) is 4.42 Å². The highest BCUT2D eigenvalue weighted by molar-refractivity contribution is 9.10. The lowest BCUT2D eigenvalue weighted by Gasteiger charge is -2.11. The lowest BCUT2D eigenvalue weighted by Crippen LogP contribution is -2.22. The van der Waals surface area contributed by atoms with Gasteiger partial charge in [-0.1, -0.05) is 58.0 Å². The van der Waals surface area contributed by atoms with Crippen LogP contribution in [0.25, 0.3) is 11.3 Å². The molecule has 1 atom stereocenters. The van der Waals surface area contributed by atoms with Crippen molar-refractivity contribution in [3.63, 3.8) is 0 Å². The number of anilines is 1. The Morgan fingerprint density at radius 3 is 2.80 bits per heavy atom. The Labute approximate surface area is 159 Å². The summed E-state index contributed by atoms with van der Waals surface area (Å²) in [6.07, 6.45) is 1.68. The van der Waals surface area contributed by atoms with Gasteiger partial charge in [-0.05, 0) is 37.6 Å². The SMILES string of the molecule is Cc1ccccc1NC(=O)[C@H](C)Sc1ncc(-c2cccc(Br)c2)o1. The van der Waals surface area contributed by atoms with Gasteiger partial charge < -0.3 is 9.73 Å².